The first kappa shape index (κ1) is 24.6. The molecule has 6 atom stereocenters. The van der Waals surface area contributed by atoms with Gasteiger partial charge in [-0.1, -0.05) is 35.4 Å². The molecule has 3 aliphatic heterocycles. The van der Waals surface area contributed by atoms with Crippen molar-refractivity contribution in [2.45, 2.75) is 60.4 Å². The van der Waals surface area contributed by atoms with Crippen LogP contribution >= 0.6 is 27.7 Å². The van der Waals surface area contributed by atoms with Crippen molar-refractivity contribution in [3.8, 4) is 0 Å². The minimum Gasteiger partial charge on any atom is -0.466 e. The number of carbonyl (C=O) groups excluding carboxylic acids is 3. The molecule has 3 saturated heterocycles. The summed E-state index contributed by atoms with van der Waals surface area (Å²) in [6.07, 6.45) is 4.58. The smallest absolute Gasteiger partial charge is 0.310 e. The van der Waals surface area contributed by atoms with Gasteiger partial charge < -0.3 is 19.6 Å². The number of likely N-dealkylation sites (tertiary alicyclic amines) is 1. The third-order valence-corrected chi connectivity index (χ3v) is 9.80. The molecule has 0 radical (unpaired) electrons. The Balaban J connectivity index is 2.01. The second-order valence-electron chi connectivity index (χ2n) is 8.45. The van der Waals surface area contributed by atoms with E-state index in [0.717, 1.165) is 12.8 Å². The highest BCUT2D eigenvalue weighted by molar-refractivity contribution is 9.09. The van der Waals surface area contributed by atoms with Gasteiger partial charge in [0.05, 0.1) is 23.2 Å². The van der Waals surface area contributed by atoms with Gasteiger partial charge >= 0.3 is 5.97 Å². The summed E-state index contributed by atoms with van der Waals surface area (Å²) in [4.78, 5) is 43.8. The Labute approximate surface area is 197 Å². The fourth-order valence-electron chi connectivity index (χ4n) is 5.37. The van der Waals surface area contributed by atoms with Crippen molar-refractivity contribution in [3.05, 3.63) is 12.7 Å². The Kier molecular flexibility index (Phi) is 8.13. The van der Waals surface area contributed by atoms with Crippen LogP contribution in [0, 0.1) is 11.8 Å². The van der Waals surface area contributed by atoms with Crippen LogP contribution in [0.25, 0.3) is 0 Å². The van der Waals surface area contributed by atoms with Crippen molar-refractivity contribution in [1.82, 2.24) is 9.80 Å². The fraction of sp³-hybridized carbons (Fsp3) is 0.773. The maximum Gasteiger partial charge on any atom is 0.310 e. The molecule has 174 valence electrons. The van der Waals surface area contributed by atoms with E-state index in [0.29, 0.717) is 32.5 Å². The monoisotopic (exact) mass is 516 g/mol. The fourth-order valence-corrected chi connectivity index (χ4v) is 8.96. The summed E-state index contributed by atoms with van der Waals surface area (Å²) < 4.78 is 4.68. The molecule has 3 aliphatic rings. The predicted molar refractivity (Wildman–Crippen MR) is 124 cm³/mol. The molecule has 7 nitrogen and oxygen atoms in total. The van der Waals surface area contributed by atoms with Crippen LogP contribution in [-0.2, 0) is 19.1 Å². The molecule has 0 aromatic heterocycles. The summed E-state index contributed by atoms with van der Waals surface area (Å²) >= 11 is 5.34. The molecule has 3 unspecified atom stereocenters. The number of nitrogens with zero attached hydrogens (tertiary/aromatic N) is 2. The molecule has 0 aliphatic carbocycles. The molecule has 0 saturated carbocycles. The second kappa shape index (κ2) is 10.3. The molecule has 2 amide bonds. The Morgan fingerprint density at radius 3 is 2.77 bits per heavy atom. The summed E-state index contributed by atoms with van der Waals surface area (Å²) in [6.45, 7) is 9.16. The lowest BCUT2D eigenvalue weighted by Crippen LogP contribution is -2.55. The van der Waals surface area contributed by atoms with Crippen molar-refractivity contribution in [3.63, 3.8) is 0 Å². The zero-order valence-corrected chi connectivity index (χ0v) is 20.7. The average Bonchev–Trinajstić information content (AvgIpc) is 3.32. The van der Waals surface area contributed by atoms with Gasteiger partial charge in [-0.3, -0.25) is 14.4 Å². The minimum atomic E-state index is -0.661. The summed E-state index contributed by atoms with van der Waals surface area (Å²) in [6, 6.07) is -0.650. The van der Waals surface area contributed by atoms with Gasteiger partial charge in [0.25, 0.3) is 0 Å². The number of aliphatic hydroxyl groups is 1. The quantitative estimate of drug-likeness (QED) is 0.257. The van der Waals surface area contributed by atoms with E-state index in [1.54, 1.807) is 34.6 Å². The minimum absolute atomic E-state index is 0.0348. The summed E-state index contributed by atoms with van der Waals surface area (Å²) in [5.41, 5.74) is 0. The van der Waals surface area contributed by atoms with Gasteiger partial charge in [-0.15, -0.1) is 18.3 Å². The number of amides is 2. The van der Waals surface area contributed by atoms with Crippen LogP contribution in [0.1, 0.15) is 39.5 Å². The number of rotatable bonds is 11. The molecule has 0 aromatic carbocycles. The van der Waals surface area contributed by atoms with Gasteiger partial charge in [0.15, 0.2) is 0 Å². The molecular formula is C22H33BrN2O5S. The standard InChI is InChI=1S/C22H33BrN2O5S/c1-4-7-10-24(9-5-2)20(28)18-22-13-14(23)17(31-22)15(21(29)30-6-3)16(22)19(27)25(18)11-8-12-26/h5,14-18,26H,2,4,6-13H2,1,3H3/t14?,15-,16+,17-,18?,22?/m1/s1. The lowest BCUT2D eigenvalue weighted by Gasteiger charge is -2.37. The third-order valence-electron chi connectivity index (χ3n) is 6.58. The number of alkyl halides is 1. The van der Waals surface area contributed by atoms with E-state index >= 15 is 0 Å². The van der Waals surface area contributed by atoms with Gasteiger partial charge in [-0.25, -0.2) is 0 Å². The highest BCUT2D eigenvalue weighted by Crippen LogP contribution is 2.68. The molecule has 31 heavy (non-hydrogen) atoms. The zero-order chi connectivity index (χ0) is 22.8. The summed E-state index contributed by atoms with van der Waals surface area (Å²) in [5, 5.41) is 9.31. The van der Waals surface area contributed by atoms with Crippen molar-refractivity contribution in [1.29, 1.82) is 0 Å². The SMILES string of the molecule is C=CCN(CCCC)C(=O)C1N(CCCO)C(=O)[C@@H]2[C@@H](C(=O)OCC)[C@@H]3SC12CC3Br. The van der Waals surface area contributed by atoms with Crippen LogP contribution in [-0.4, -0.2) is 86.4 Å². The molecule has 3 heterocycles. The summed E-state index contributed by atoms with van der Waals surface area (Å²) in [5.74, 6) is -1.73. The molecule has 9 heteroatoms. The van der Waals surface area contributed by atoms with Crippen LogP contribution in [0.2, 0.25) is 0 Å². The van der Waals surface area contributed by atoms with E-state index in [9.17, 15) is 19.5 Å². The molecule has 1 spiro atoms. The molecule has 2 bridgehead atoms. The highest BCUT2D eigenvalue weighted by Gasteiger charge is 2.76. The first-order valence-electron chi connectivity index (χ1n) is 11.2. The topological polar surface area (TPSA) is 87.2 Å². The Hall–Kier alpha value is -1.06. The number of hydrogen-bond acceptors (Lipinski definition) is 6. The molecule has 1 N–H and O–H groups in total. The maximum atomic E-state index is 13.9. The number of aliphatic hydroxyl groups excluding tert-OH is 1. The number of fused-ring (bicyclic) bond motifs is 1. The second-order valence-corrected chi connectivity index (χ2v) is 11.2. The number of hydrogen-bond donors (Lipinski definition) is 1. The van der Waals surface area contributed by atoms with Crippen LogP contribution in [0.4, 0.5) is 0 Å². The van der Waals surface area contributed by atoms with Crippen LogP contribution in [0.3, 0.4) is 0 Å². The van der Waals surface area contributed by atoms with Gasteiger partial charge in [0.1, 0.15) is 6.04 Å². The van der Waals surface area contributed by atoms with Crippen LogP contribution < -0.4 is 0 Å². The van der Waals surface area contributed by atoms with E-state index in [-0.39, 0.29) is 41.1 Å². The van der Waals surface area contributed by atoms with Gasteiger partial charge in [-0.05, 0) is 26.2 Å². The Bertz CT molecular complexity index is 722. The summed E-state index contributed by atoms with van der Waals surface area (Å²) in [7, 11) is 0. The lowest BCUT2D eigenvalue weighted by molar-refractivity contribution is -0.153. The number of thioether (sulfide) groups is 1. The first-order valence-corrected chi connectivity index (χ1v) is 13.0. The van der Waals surface area contributed by atoms with Gasteiger partial charge in [-0.2, -0.15) is 0 Å². The van der Waals surface area contributed by atoms with Crippen molar-refractivity contribution >= 4 is 45.5 Å². The van der Waals surface area contributed by atoms with Crippen molar-refractivity contribution in [2.24, 2.45) is 11.8 Å². The highest BCUT2D eigenvalue weighted by atomic mass is 79.9. The normalized spacial score (nSPS) is 33.5. The van der Waals surface area contributed by atoms with Crippen molar-refractivity contribution < 1.29 is 24.2 Å². The van der Waals surface area contributed by atoms with E-state index in [4.69, 9.17) is 4.74 Å². The van der Waals surface area contributed by atoms with Crippen LogP contribution in [0.5, 0.6) is 0 Å². The van der Waals surface area contributed by atoms with Crippen LogP contribution in [0.15, 0.2) is 12.7 Å². The number of ether oxygens (including phenoxy) is 1. The molecular weight excluding hydrogens is 484 g/mol. The third kappa shape index (κ3) is 4.17. The molecule has 0 aromatic rings. The number of halogens is 1. The number of esters is 1. The largest absolute Gasteiger partial charge is 0.466 e. The number of carbonyl (C=O) groups is 3. The first-order chi connectivity index (χ1) is 14.9. The van der Waals surface area contributed by atoms with Gasteiger partial charge in [0, 0.05) is 36.3 Å². The average molecular weight is 517 g/mol. The lowest BCUT2D eigenvalue weighted by atomic mass is 9.71. The maximum absolute atomic E-state index is 13.9. The molecule has 3 rings (SSSR count). The number of unbranched alkanes of at least 4 members (excludes halogenated alkanes) is 1. The molecule has 3 fully saturated rings. The Morgan fingerprint density at radius 1 is 1.42 bits per heavy atom. The van der Waals surface area contributed by atoms with E-state index < -0.39 is 22.6 Å². The Morgan fingerprint density at radius 2 is 2.16 bits per heavy atom. The zero-order valence-electron chi connectivity index (χ0n) is 18.3. The van der Waals surface area contributed by atoms with E-state index in [1.165, 1.54) is 0 Å². The van der Waals surface area contributed by atoms with Gasteiger partial charge in [0.2, 0.25) is 11.8 Å². The predicted octanol–water partition coefficient (Wildman–Crippen LogP) is 2.21. The van der Waals surface area contributed by atoms with E-state index in [2.05, 4.69) is 29.4 Å². The van der Waals surface area contributed by atoms with E-state index in [1.807, 2.05) is 0 Å². The van der Waals surface area contributed by atoms with Crippen molar-refractivity contribution in [2.75, 3.05) is 32.8 Å².